The van der Waals surface area contributed by atoms with Crippen molar-refractivity contribution >= 4 is 85.2 Å². The number of anilines is 2. The third kappa shape index (κ3) is 3.89. The molecule has 0 aliphatic carbocycles. The minimum absolute atomic E-state index is 1.30. The van der Waals surface area contributed by atoms with Crippen molar-refractivity contribution in [1.82, 2.24) is 0 Å². The van der Waals surface area contributed by atoms with Crippen molar-refractivity contribution in [1.29, 1.82) is 0 Å². The van der Waals surface area contributed by atoms with Gasteiger partial charge in [0.2, 0.25) is 0 Å². The molecule has 0 amide bonds. The number of rotatable bonds is 2. The van der Waals surface area contributed by atoms with Gasteiger partial charge in [-0.3, -0.25) is 0 Å². The number of hydrogen-bond acceptors (Lipinski definition) is 4. The van der Waals surface area contributed by atoms with E-state index in [1.165, 1.54) is 62.5 Å². The van der Waals surface area contributed by atoms with E-state index in [-0.39, 0.29) is 0 Å². The first kappa shape index (κ1) is 24.3. The summed E-state index contributed by atoms with van der Waals surface area (Å²) in [6, 6.07) is 23.1. The summed E-state index contributed by atoms with van der Waals surface area (Å²) < 4.78 is 2.70. The maximum atomic E-state index is 2.33. The second-order valence-electron chi connectivity index (χ2n) is 8.33. The van der Waals surface area contributed by atoms with Crippen molar-refractivity contribution in [2.75, 3.05) is 38.0 Å². The summed E-state index contributed by atoms with van der Waals surface area (Å²) in [6.07, 6.45) is 0. The molecule has 0 unspecified atom stereocenters. The lowest BCUT2D eigenvalue weighted by Crippen LogP contribution is -2.05. The lowest BCUT2D eigenvalue weighted by Gasteiger charge is -2.09. The highest BCUT2D eigenvalue weighted by Crippen LogP contribution is 2.42. The maximum absolute atomic E-state index is 2.33. The van der Waals surface area contributed by atoms with Crippen LogP contribution in [0.2, 0.25) is 0 Å². The minimum atomic E-state index is 1.30. The van der Waals surface area contributed by atoms with Gasteiger partial charge in [-0.2, -0.15) is 0 Å². The summed E-state index contributed by atoms with van der Waals surface area (Å²) in [6.45, 7) is 8.00. The molecule has 4 aromatic carbocycles. The van der Waals surface area contributed by atoms with Gasteiger partial charge >= 0.3 is 0 Å². The van der Waals surface area contributed by atoms with Crippen molar-refractivity contribution in [3.63, 3.8) is 0 Å². The van der Waals surface area contributed by atoms with E-state index in [4.69, 9.17) is 0 Å². The molecule has 0 radical (unpaired) electrons. The van der Waals surface area contributed by atoms with Crippen LogP contribution in [0.4, 0.5) is 10.0 Å². The SMILES string of the molecule is CC.CC.CN(C)c1cc2c(ccc3c2ccc2c4ccc5sc(N(C)C)cc5c4ccc32)s1. The summed E-state index contributed by atoms with van der Waals surface area (Å²) in [4.78, 5) is 4.39. The van der Waals surface area contributed by atoms with E-state index in [1.807, 2.05) is 50.4 Å². The third-order valence-corrected chi connectivity index (χ3v) is 8.58. The zero-order valence-electron chi connectivity index (χ0n) is 21.5. The van der Waals surface area contributed by atoms with Crippen LogP contribution in [-0.4, -0.2) is 28.2 Å². The Labute approximate surface area is 211 Å². The van der Waals surface area contributed by atoms with E-state index in [2.05, 4.69) is 98.7 Å². The molecule has 6 rings (SSSR count). The molecular weight excluding hydrogens is 452 g/mol. The Kier molecular flexibility index (Phi) is 7.01. The largest absolute Gasteiger partial charge is 0.370 e. The molecule has 2 aromatic heterocycles. The van der Waals surface area contributed by atoms with Gasteiger partial charge in [0, 0.05) is 48.4 Å². The minimum Gasteiger partial charge on any atom is -0.370 e. The molecule has 0 aliphatic heterocycles. The fourth-order valence-corrected chi connectivity index (χ4v) is 6.49. The zero-order valence-corrected chi connectivity index (χ0v) is 23.1. The normalized spacial score (nSPS) is 10.9. The highest BCUT2D eigenvalue weighted by Gasteiger charge is 2.13. The van der Waals surface area contributed by atoms with Crippen LogP contribution in [0, 0.1) is 0 Å². The molecule has 0 aliphatic rings. The van der Waals surface area contributed by atoms with Gasteiger partial charge in [-0.25, -0.2) is 0 Å². The van der Waals surface area contributed by atoms with Gasteiger partial charge < -0.3 is 9.80 Å². The molecule has 2 nitrogen and oxygen atoms in total. The van der Waals surface area contributed by atoms with Crippen molar-refractivity contribution in [2.24, 2.45) is 0 Å². The van der Waals surface area contributed by atoms with Crippen LogP contribution in [0.5, 0.6) is 0 Å². The van der Waals surface area contributed by atoms with Gasteiger partial charge in [0.1, 0.15) is 0 Å². The Balaban J connectivity index is 0.000000652. The molecule has 176 valence electrons. The molecule has 0 saturated carbocycles. The average Bonchev–Trinajstić information content (AvgIpc) is 3.51. The summed E-state index contributed by atoms with van der Waals surface area (Å²) >= 11 is 3.71. The second-order valence-corrected chi connectivity index (χ2v) is 10.5. The maximum Gasteiger partial charge on any atom is 0.0916 e. The Morgan fingerprint density at radius 3 is 0.971 bits per heavy atom. The summed E-state index contributed by atoms with van der Waals surface area (Å²) in [5.41, 5.74) is 0. The predicted molar refractivity (Wildman–Crippen MR) is 161 cm³/mol. The Morgan fingerprint density at radius 1 is 0.412 bits per heavy atom. The quantitative estimate of drug-likeness (QED) is 0.225. The van der Waals surface area contributed by atoms with Crippen LogP contribution in [0.1, 0.15) is 27.7 Å². The van der Waals surface area contributed by atoms with E-state index in [0.29, 0.717) is 0 Å². The molecule has 0 bridgehead atoms. The zero-order chi connectivity index (χ0) is 24.6. The van der Waals surface area contributed by atoms with Crippen molar-refractivity contribution in [3.05, 3.63) is 60.7 Å². The fraction of sp³-hybridized carbons (Fsp3) is 0.267. The number of fused-ring (bicyclic) bond motifs is 9. The molecule has 0 atom stereocenters. The monoisotopic (exact) mass is 486 g/mol. The number of hydrogen-bond donors (Lipinski definition) is 0. The van der Waals surface area contributed by atoms with Crippen LogP contribution in [0.3, 0.4) is 0 Å². The van der Waals surface area contributed by atoms with Gasteiger partial charge in [-0.1, -0.05) is 64.1 Å². The molecule has 0 fully saturated rings. The van der Waals surface area contributed by atoms with Crippen LogP contribution >= 0.6 is 22.7 Å². The first-order chi connectivity index (χ1) is 16.5. The molecule has 34 heavy (non-hydrogen) atoms. The topological polar surface area (TPSA) is 6.48 Å². The molecule has 0 saturated heterocycles. The van der Waals surface area contributed by atoms with Gasteiger partial charge in [0.25, 0.3) is 0 Å². The molecular formula is C30H34N2S2. The van der Waals surface area contributed by atoms with Crippen LogP contribution in [0.15, 0.2) is 60.7 Å². The smallest absolute Gasteiger partial charge is 0.0916 e. The lowest BCUT2D eigenvalue weighted by atomic mass is 9.95. The Bertz CT molecular complexity index is 1480. The summed E-state index contributed by atoms with van der Waals surface area (Å²) in [5.74, 6) is 0. The second kappa shape index (κ2) is 9.81. The Morgan fingerprint density at radius 2 is 0.676 bits per heavy atom. The van der Waals surface area contributed by atoms with Crippen molar-refractivity contribution in [2.45, 2.75) is 27.7 Å². The Hall–Kier alpha value is -2.82. The van der Waals surface area contributed by atoms with Crippen LogP contribution < -0.4 is 9.80 Å². The van der Waals surface area contributed by atoms with Gasteiger partial charge in [-0.15, -0.1) is 22.7 Å². The summed E-state index contributed by atoms with van der Waals surface area (Å²) in [7, 11) is 8.45. The van der Waals surface area contributed by atoms with E-state index in [1.54, 1.807) is 0 Å². The van der Waals surface area contributed by atoms with E-state index in [0.717, 1.165) is 0 Å². The number of thiophene rings is 2. The van der Waals surface area contributed by atoms with Crippen LogP contribution in [0.25, 0.3) is 52.5 Å². The lowest BCUT2D eigenvalue weighted by molar-refractivity contribution is 1.16. The first-order valence-corrected chi connectivity index (χ1v) is 13.7. The van der Waals surface area contributed by atoms with Gasteiger partial charge in [0.05, 0.1) is 10.0 Å². The fourth-order valence-electron chi connectivity index (χ4n) is 4.49. The number of nitrogens with zero attached hydrogens (tertiary/aromatic N) is 2. The molecule has 4 heteroatoms. The highest BCUT2D eigenvalue weighted by atomic mass is 32.1. The van der Waals surface area contributed by atoms with Gasteiger partial charge in [0.15, 0.2) is 0 Å². The molecule has 2 heterocycles. The predicted octanol–water partition coefficient (Wildman–Crippen LogP) is 9.76. The summed E-state index contributed by atoms with van der Waals surface area (Å²) in [5, 5.41) is 13.3. The van der Waals surface area contributed by atoms with Gasteiger partial charge in [-0.05, 0) is 56.6 Å². The molecule has 6 aromatic rings. The highest BCUT2D eigenvalue weighted by molar-refractivity contribution is 7.23. The molecule has 0 N–H and O–H groups in total. The standard InChI is InChI=1S/C26H22N2S2.2C2H6/c1-27(2)25-13-21-19-7-5-16-15(17(19)9-11-23(21)29-25)6-8-20-18(16)10-12-24-22(20)14-26(30-24)28(3)4;2*1-2/h5-14H,1-4H3;2*1-2H3. The average molecular weight is 487 g/mol. The van der Waals surface area contributed by atoms with Crippen molar-refractivity contribution < 1.29 is 0 Å². The molecule has 0 spiro atoms. The van der Waals surface area contributed by atoms with Crippen LogP contribution in [-0.2, 0) is 0 Å². The first-order valence-electron chi connectivity index (χ1n) is 12.1. The van der Waals surface area contributed by atoms with E-state index < -0.39 is 0 Å². The van der Waals surface area contributed by atoms with Crippen molar-refractivity contribution in [3.8, 4) is 0 Å². The number of benzene rings is 4. The van der Waals surface area contributed by atoms with E-state index in [9.17, 15) is 0 Å². The van der Waals surface area contributed by atoms with E-state index >= 15 is 0 Å². The third-order valence-electron chi connectivity index (χ3n) is 6.04.